The predicted octanol–water partition coefficient (Wildman–Crippen LogP) is 2.15. The molecule has 5 heteroatoms. The molecule has 0 spiro atoms. The van der Waals surface area contributed by atoms with Gasteiger partial charge in [0.25, 0.3) is 5.91 Å². The van der Waals surface area contributed by atoms with Crippen LogP contribution in [0.4, 0.5) is 5.82 Å². The van der Waals surface area contributed by atoms with Gasteiger partial charge in [-0.1, -0.05) is 32.9 Å². The molecule has 2 rings (SSSR count). The Balaban J connectivity index is 2.30. The lowest BCUT2D eigenvalue weighted by atomic mass is 9.90. The quantitative estimate of drug-likeness (QED) is 0.827. The number of anilines is 1. The average molecular weight is 237 g/mol. The van der Waals surface area contributed by atoms with Crippen molar-refractivity contribution in [2.75, 3.05) is 5.32 Å². The minimum absolute atomic E-state index is 0.0722. The lowest BCUT2D eigenvalue weighted by molar-refractivity contribution is 0.0903. The highest BCUT2D eigenvalue weighted by Gasteiger charge is 2.35. The summed E-state index contributed by atoms with van der Waals surface area (Å²) in [4.78, 5) is 12.0. The third kappa shape index (κ3) is 2.14. The molecule has 0 bridgehead atoms. The maximum absolute atomic E-state index is 12.0. The van der Waals surface area contributed by atoms with Crippen molar-refractivity contribution in [3.05, 3.63) is 11.3 Å². The Morgan fingerprint density at radius 1 is 1.35 bits per heavy atom. The summed E-state index contributed by atoms with van der Waals surface area (Å²) < 4.78 is 5.22. The number of carbonyl (C=O) groups is 1. The number of aromatic nitrogens is 1. The van der Waals surface area contributed by atoms with Crippen molar-refractivity contribution in [3.63, 3.8) is 0 Å². The molecule has 0 saturated carbocycles. The Morgan fingerprint density at radius 3 is 2.65 bits per heavy atom. The minimum Gasteiger partial charge on any atom is -0.358 e. The van der Waals surface area contributed by atoms with Crippen LogP contribution in [0.15, 0.2) is 4.52 Å². The van der Waals surface area contributed by atoms with Gasteiger partial charge in [-0.3, -0.25) is 4.79 Å². The molecular weight excluding hydrogens is 218 g/mol. The number of fused-ring (bicyclic) bond motifs is 1. The summed E-state index contributed by atoms with van der Waals surface area (Å²) in [6, 6.07) is 0. The van der Waals surface area contributed by atoms with Crippen molar-refractivity contribution in [1.82, 2.24) is 10.5 Å². The van der Waals surface area contributed by atoms with Gasteiger partial charge in [0.05, 0.1) is 0 Å². The normalized spacial score (nSPS) is 19.5. The Hall–Kier alpha value is -1.52. The highest BCUT2D eigenvalue weighted by atomic mass is 16.5. The molecule has 94 valence electrons. The molecule has 1 aromatic heterocycles. The molecule has 0 fully saturated rings. The predicted molar refractivity (Wildman–Crippen MR) is 64.8 cm³/mol. The van der Waals surface area contributed by atoms with Crippen LogP contribution in [0.5, 0.6) is 0 Å². The van der Waals surface area contributed by atoms with Crippen molar-refractivity contribution in [2.45, 2.75) is 46.7 Å². The van der Waals surface area contributed by atoms with Crippen molar-refractivity contribution < 1.29 is 9.32 Å². The lowest BCUT2D eigenvalue weighted by Crippen LogP contribution is -2.52. The van der Waals surface area contributed by atoms with Gasteiger partial charge in [-0.25, -0.2) is 0 Å². The van der Waals surface area contributed by atoms with E-state index in [1.807, 2.05) is 6.92 Å². The second-order valence-corrected chi connectivity index (χ2v) is 5.50. The molecule has 2 N–H and O–H groups in total. The summed E-state index contributed by atoms with van der Waals surface area (Å²) in [5.74, 6) is 1.14. The second-order valence-electron chi connectivity index (χ2n) is 5.50. The van der Waals surface area contributed by atoms with E-state index in [1.165, 1.54) is 0 Å². The summed E-state index contributed by atoms with van der Waals surface area (Å²) in [6.45, 7) is 8.22. The highest BCUT2D eigenvalue weighted by Crippen LogP contribution is 2.29. The van der Waals surface area contributed by atoms with Crippen LogP contribution in [-0.2, 0) is 6.42 Å². The summed E-state index contributed by atoms with van der Waals surface area (Å²) >= 11 is 0. The molecular formula is C12H19N3O2. The van der Waals surface area contributed by atoms with Gasteiger partial charge < -0.3 is 15.2 Å². The summed E-state index contributed by atoms with van der Waals surface area (Å²) in [5.41, 5.74) is 0.490. The van der Waals surface area contributed by atoms with Crippen LogP contribution >= 0.6 is 0 Å². The smallest absolute Gasteiger partial charge is 0.260 e. The molecule has 1 aliphatic rings. The minimum atomic E-state index is -0.123. The van der Waals surface area contributed by atoms with Gasteiger partial charge in [-0.2, -0.15) is 0 Å². The zero-order valence-corrected chi connectivity index (χ0v) is 10.8. The zero-order chi connectivity index (χ0) is 12.6. The van der Waals surface area contributed by atoms with E-state index in [0.717, 1.165) is 12.8 Å². The molecule has 1 unspecified atom stereocenters. The first-order valence-electron chi connectivity index (χ1n) is 5.99. The van der Waals surface area contributed by atoms with Gasteiger partial charge >= 0.3 is 0 Å². The SMILES string of the molecule is CCCc1onc2c1C(=O)NC(C(C)(C)C)N2. The molecule has 1 atom stereocenters. The van der Waals surface area contributed by atoms with Gasteiger partial charge in [0.2, 0.25) is 0 Å². The van der Waals surface area contributed by atoms with Gasteiger partial charge in [-0.15, -0.1) is 0 Å². The summed E-state index contributed by atoms with van der Waals surface area (Å²) in [7, 11) is 0. The van der Waals surface area contributed by atoms with Crippen LogP contribution in [-0.4, -0.2) is 17.2 Å². The topological polar surface area (TPSA) is 67.2 Å². The van der Waals surface area contributed by atoms with Gasteiger partial charge in [0, 0.05) is 11.8 Å². The molecule has 1 aromatic rings. The number of nitrogens with one attached hydrogen (secondary N) is 2. The molecule has 0 aliphatic carbocycles. The molecule has 1 amide bonds. The van der Waals surface area contributed by atoms with E-state index in [1.54, 1.807) is 0 Å². The van der Waals surface area contributed by atoms with E-state index in [4.69, 9.17) is 4.52 Å². The van der Waals surface area contributed by atoms with Crippen molar-refractivity contribution in [3.8, 4) is 0 Å². The molecule has 0 radical (unpaired) electrons. The molecule has 0 saturated heterocycles. The number of hydrogen-bond donors (Lipinski definition) is 2. The van der Waals surface area contributed by atoms with Gasteiger partial charge in [-0.05, 0) is 6.42 Å². The summed E-state index contributed by atoms with van der Waals surface area (Å²) in [6.07, 6.45) is 1.54. The lowest BCUT2D eigenvalue weighted by Gasteiger charge is -2.34. The zero-order valence-electron chi connectivity index (χ0n) is 10.8. The third-order valence-electron chi connectivity index (χ3n) is 2.89. The Kier molecular flexibility index (Phi) is 2.85. The van der Waals surface area contributed by atoms with Gasteiger partial charge in [0.15, 0.2) is 11.6 Å². The van der Waals surface area contributed by atoms with Gasteiger partial charge in [0.1, 0.15) is 11.7 Å². The first kappa shape index (κ1) is 12.0. The van der Waals surface area contributed by atoms with Crippen molar-refractivity contribution >= 4 is 11.7 Å². The molecule has 5 nitrogen and oxygen atoms in total. The fourth-order valence-electron chi connectivity index (χ4n) is 1.86. The van der Waals surface area contributed by atoms with Crippen LogP contribution in [0.3, 0.4) is 0 Å². The first-order chi connectivity index (χ1) is 7.93. The highest BCUT2D eigenvalue weighted by molar-refractivity contribution is 6.01. The van der Waals surface area contributed by atoms with E-state index in [9.17, 15) is 4.79 Å². The number of nitrogens with zero attached hydrogens (tertiary/aromatic N) is 1. The fraction of sp³-hybridized carbons (Fsp3) is 0.667. The van der Waals surface area contributed by atoms with Crippen LogP contribution in [0.1, 0.15) is 50.2 Å². The van der Waals surface area contributed by atoms with E-state index in [0.29, 0.717) is 17.1 Å². The van der Waals surface area contributed by atoms with Crippen molar-refractivity contribution in [2.24, 2.45) is 5.41 Å². The monoisotopic (exact) mass is 237 g/mol. The Morgan fingerprint density at radius 2 is 2.06 bits per heavy atom. The number of amides is 1. The van der Waals surface area contributed by atoms with E-state index in [2.05, 4.69) is 36.6 Å². The fourth-order valence-corrected chi connectivity index (χ4v) is 1.86. The van der Waals surface area contributed by atoms with Crippen molar-refractivity contribution in [1.29, 1.82) is 0 Å². The second kappa shape index (κ2) is 4.05. The van der Waals surface area contributed by atoms with E-state index in [-0.39, 0.29) is 17.5 Å². The maximum Gasteiger partial charge on any atom is 0.260 e. The standard InChI is InChI=1S/C12H19N3O2/c1-5-6-7-8-9(15-17-7)13-11(12(2,3)4)14-10(8)16/h11H,5-6H2,1-4H3,(H,13,15)(H,14,16). The van der Waals surface area contributed by atoms with Crippen LogP contribution in [0, 0.1) is 5.41 Å². The average Bonchev–Trinajstić information content (AvgIpc) is 2.61. The Labute approximate surface area is 101 Å². The van der Waals surface area contributed by atoms with E-state index < -0.39 is 0 Å². The molecule has 1 aliphatic heterocycles. The number of aryl methyl sites for hydroxylation is 1. The molecule has 2 heterocycles. The maximum atomic E-state index is 12.0. The third-order valence-corrected chi connectivity index (χ3v) is 2.89. The summed E-state index contributed by atoms with van der Waals surface area (Å²) in [5, 5.41) is 10.1. The van der Waals surface area contributed by atoms with Crippen LogP contribution in [0.2, 0.25) is 0 Å². The Bertz CT molecular complexity index is 431. The van der Waals surface area contributed by atoms with E-state index >= 15 is 0 Å². The number of rotatable bonds is 2. The number of hydrogen-bond acceptors (Lipinski definition) is 4. The first-order valence-corrected chi connectivity index (χ1v) is 5.99. The molecule has 0 aromatic carbocycles. The largest absolute Gasteiger partial charge is 0.358 e. The molecule has 17 heavy (non-hydrogen) atoms. The van der Waals surface area contributed by atoms with Crippen LogP contribution in [0.25, 0.3) is 0 Å². The van der Waals surface area contributed by atoms with Crippen LogP contribution < -0.4 is 10.6 Å². The number of carbonyl (C=O) groups excluding carboxylic acids is 1.